The molecule has 0 fully saturated rings. The maximum atomic E-state index is 7.11. The number of anilines is 1. The minimum Gasteiger partial charge on any atom is -0.398 e. The number of rotatable bonds is 5. The van der Waals surface area contributed by atoms with Crippen molar-refractivity contribution in [1.29, 1.82) is 0 Å². The number of nitrogen functional groups attached to an aromatic ring is 1. The fourth-order valence-electron chi connectivity index (χ4n) is 6.25. The Morgan fingerprint density at radius 2 is 1.75 bits per heavy atom. The Bertz CT molecular complexity index is 1040. The first-order valence-corrected chi connectivity index (χ1v) is 12.7. The van der Waals surface area contributed by atoms with Gasteiger partial charge in [0.1, 0.15) is 0 Å². The number of hydrogen-bond donors (Lipinski definition) is 1. The molecular formula is C31H41N. The molecule has 5 atom stereocenters. The van der Waals surface area contributed by atoms with Crippen LogP contribution in [0.3, 0.4) is 0 Å². The highest BCUT2D eigenvalue weighted by atomic mass is 14.6. The lowest BCUT2D eigenvalue weighted by molar-refractivity contribution is 0.311. The van der Waals surface area contributed by atoms with Crippen LogP contribution in [0.2, 0.25) is 0 Å². The first-order valence-electron chi connectivity index (χ1n) is 12.7. The molecule has 170 valence electrons. The van der Waals surface area contributed by atoms with E-state index >= 15 is 0 Å². The third-order valence-electron chi connectivity index (χ3n) is 8.51. The predicted octanol–water partition coefficient (Wildman–Crippen LogP) is 8.28. The lowest BCUT2D eigenvalue weighted by Crippen LogP contribution is -2.29. The van der Waals surface area contributed by atoms with Crippen LogP contribution in [0.1, 0.15) is 99.6 Å². The predicted molar refractivity (Wildman–Crippen MR) is 140 cm³/mol. The third-order valence-corrected chi connectivity index (χ3v) is 8.51. The average Bonchev–Trinajstić information content (AvgIpc) is 2.77. The van der Waals surface area contributed by atoms with E-state index in [2.05, 4.69) is 84.5 Å². The molecule has 32 heavy (non-hydrogen) atoms. The highest BCUT2D eigenvalue weighted by Gasteiger charge is 2.38. The number of allylic oxidation sites excluding steroid dienone is 2. The average molecular weight is 428 g/mol. The van der Waals surface area contributed by atoms with Crippen molar-refractivity contribution >= 4 is 11.3 Å². The molecule has 0 saturated heterocycles. The van der Waals surface area contributed by atoms with E-state index in [4.69, 9.17) is 5.73 Å². The van der Waals surface area contributed by atoms with Crippen molar-refractivity contribution < 1.29 is 0 Å². The fourth-order valence-corrected chi connectivity index (χ4v) is 6.25. The summed E-state index contributed by atoms with van der Waals surface area (Å²) in [6, 6.07) is 10.9. The first-order chi connectivity index (χ1) is 15.3. The molecule has 0 aromatic heterocycles. The van der Waals surface area contributed by atoms with Gasteiger partial charge in [0.15, 0.2) is 0 Å². The van der Waals surface area contributed by atoms with E-state index in [0.717, 1.165) is 18.5 Å². The maximum absolute atomic E-state index is 7.11. The molecule has 4 rings (SSSR count). The molecule has 2 aliphatic rings. The van der Waals surface area contributed by atoms with Crippen molar-refractivity contribution in [3.05, 3.63) is 81.9 Å². The van der Waals surface area contributed by atoms with E-state index in [1.54, 1.807) is 0 Å². The zero-order valence-corrected chi connectivity index (χ0v) is 21.0. The van der Waals surface area contributed by atoms with Crippen LogP contribution >= 0.6 is 0 Å². The zero-order chi connectivity index (χ0) is 23.2. The smallest absolute Gasteiger partial charge is 0.0388 e. The second-order valence-electron chi connectivity index (χ2n) is 10.7. The quantitative estimate of drug-likeness (QED) is 0.477. The fraction of sp³-hybridized carbons (Fsp3) is 0.484. The summed E-state index contributed by atoms with van der Waals surface area (Å²) in [6.07, 6.45) is 6.94. The van der Waals surface area contributed by atoms with Crippen molar-refractivity contribution in [3.63, 3.8) is 0 Å². The van der Waals surface area contributed by atoms with Crippen LogP contribution in [0, 0.1) is 17.8 Å². The lowest BCUT2D eigenvalue weighted by Gasteiger charge is -2.41. The summed E-state index contributed by atoms with van der Waals surface area (Å²) in [7, 11) is 0. The Hall–Kier alpha value is -2.28. The molecule has 2 aliphatic carbocycles. The van der Waals surface area contributed by atoms with E-state index in [9.17, 15) is 0 Å². The summed E-state index contributed by atoms with van der Waals surface area (Å²) < 4.78 is 0. The minimum absolute atomic E-state index is 0.329. The normalized spacial score (nSPS) is 25.7. The summed E-state index contributed by atoms with van der Waals surface area (Å²) in [6.45, 7) is 18.8. The molecule has 0 amide bonds. The standard InChI is InChI=1S/C31H41N/c1-8-12-18(2)15-26-30-25(24-13-10-9-11-14-24)16-20(4)22(6)29(30)28-23(7)21(5)19(3)17-27(28)31(26)32/h9-11,13-14,16,18-19,21-23H,4,8,12,15,17,32H2,1-3,5-7H3/t18-,19?,21?,22?,23?/m0/s1. The molecule has 0 saturated carbocycles. The van der Waals surface area contributed by atoms with Gasteiger partial charge in [0.2, 0.25) is 0 Å². The van der Waals surface area contributed by atoms with Gasteiger partial charge in [0.25, 0.3) is 0 Å². The lowest BCUT2D eigenvalue weighted by atomic mass is 9.63. The topological polar surface area (TPSA) is 26.0 Å². The Morgan fingerprint density at radius 3 is 2.41 bits per heavy atom. The molecule has 2 aromatic carbocycles. The van der Waals surface area contributed by atoms with Crippen molar-refractivity contribution in [2.75, 3.05) is 5.73 Å². The summed E-state index contributed by atoms with van der Waals surface area (Å²) >= 11 is 0. The monoisotopic (exact) mass is 427 g/mol. The highest BCUT2D eigenvalue weighted by Crippen LogP contribution is 2.53. The zero-order valence-electron chi connectivity index (χ0n) is 21.0. The third kappa shape index (κ3) is 3.74. The van der Waals surface area contributed by atoms with E-state index in [1.165, 1.54) is 57.4 Å². The van der Waals surface area contributed by atoms with E-state index in [-0.39, 0.29) is 0 Å². The van der Waals surface area contributed by atoms with Gasteiger partial charge < -0.3 is 5.73 Å². The van der Waals surface area contributed by atoms with Crippen LogP contribution in [0.5, 0.6) is 0 Å². The van der Waals surface area contributed by atoms with Crippen molar-refractivity contribution in [2.24, 2.45) is 17.8 Å². The van der Waals surface area contributed by atoms with Crippen LogP contribution in [0.25, 0.3) is 5.57 Å². The molecular weight excluding hydrogens is 386 g/mol. The first kappa shape index (κ1) is 22.9. The molecule has 2 aromatic rings. The van der Waals surface area contributed by atoms with Crippen molar-refractivity contribution in [1.82, 2.24) is 0 Å². The Morgan fingerprint density at radius 1 is 1.06 bits per heavy atom. The summed E-state index contributed by atoms with van der Waals surface area (Å²) in [4.78, 5) is 0. The van der Waals surface area contributed by atoms with Gasteiger partial charge in [-0.1, -0.05) is 97.4 Å². The van der Waals surface area contributed by atoms with Crippen molar-refractivity contribution in [2.45, 2.75) is 79.1 Å². The van der Waals surface area contributed by atoms with Gasteiger partial charge in [0.05, 0.1) is 0 Å². The second kappa shape index (κ2) is 8.93. The Balaban J connectivity index is 2.06. The number of nitrogens with two attached hydrogens (primary N) is 1. The van der Waals surface area contributed by atoms with E-state index < -0.39 is 0 Å². The molecule has 0 spiro atoms. The van der Waals surface area contributed by atoms with Crippen LogP contribution in [-0.4, -0.2) is 0 Å². The number of benzene rings is 2. The van der Waals surface area contributed by atoms with Gasteiger partial charge in [-0.05, 0) is 81.0 Å². The molecule has 1 nitrogen and oxygen atoms in total. The summed E-state index contributed by atoms with van der Waals surface area (Å²) in [5.41, 5.74) is 19.3. The SMILES string of the molecule is C=C1C=C(c2ccccc2)c2c(C[C@@H](C)CCC)c(N)c3c(c2C1C)C(C)C(C)C(C)C3. The van der Waals surface area contributed by atoms with Crippen molar-refractivity contribution in [3.8, 4) is 0 Å². The molecule has 0 radical (unpaired) electrons. The van der Waals surface area contributed by atoms with Crippen LogP contribution in [0.15, 0.2) is 48.6 Å². The second-order valence-corrected chi connectivity index (χ2v) is 10.7. The van der Waals surface area contributed by atoms with Crippen LogP contribution in [-0.2, 0) is 12.8 Å². The van der Waals surface area contributed by atoms with Gasteiger partial charge in [0, 0.05) is 11.6 Å². The number of hydrogen-bond acceptors (Lipinski definition) is 1. The van der Waals surface area contributed by atoms with Crippen LogP contribution in [0.4, 0.5) is 5.69 Å². The van der Waals surface area contributed by atoms with Crippen LogP contribution < -0.4 is 5.73 Å². The molecule has 0 bridgehead atoms. The van der Waals surface area contributed by atoms with Gasteiger partial charge in [-0.2, -0.15) is 0 Å². The molecule has 1 heteroatoms. The van der Waals surface area contributed by atoms with Gasteiger partial charge in [-0.25, -0.2) is 0 Å². The molecule has 0 aliphatic heterocycles. The molecule has 4 unspecified atom stereocenters. The van der Waals surface area contributed by atoms with Gasteiger partial charge in [-0.15, -0.1) is 0 Å². The highest BCUT2D eigenvalue weighted by molar-refractivity contribution is 5.91. The minimum atomic E-state index is 0.329. The largest absolute Gasteiger partial charge is 0.398 e. The summed E-state index contributed by atoms with van der Waals surface area (Å²) in [5.74, 6) is 2.78. The number of fused-ring (bicyclic) bond motifs is 3. The summed E-state index contributed by atoms with van der Waals surface area (Å²) in [5, 5.41) is 0. The van der Waals surface area contributed by atoms with Gasteiger partial charge >= 0.3 is 0 Å². The van der Waals surface area contributed by atoms with Gasteiger partial charge in [-0.3, -0.25) is 0 Å². The Labute approximate surface area is 195 Å². The maximum Gasteiger partial charge on any atom is 0.0388 e. The van der Waals surface area contributed by atoms with E-state index in [1.807, 2.05) is 0 Å². The molecule has 2 N–H and O–H groups in total. The molecule has 0 heterocycles. The van der Waals surface area contributed by atoms with E-state index in [0.29, 0.717) is 29.6 Å². The Kier molecular flexibility index (Phi) is 6.39.